The molecular formula is C23H17IN2O3. The Morgan fingerprint density at radius 2 is 1.90 bits per heavy atom. The van der Waals surface area contributed by atoms with Crippen LogP contribution in [-0.2, 0) is 11.3 Å². The van der Waals surface area contributed by atoms with Crippen molar-refractivity contribution in [2.24, 2.45) is 0 Å². The zero-order chi connectivity index (χ0) is 20.4. The molecule has 0 saturated carbocycles. The first-order chi connectivity index (χ1) is 14.0. The lowest BCUT2D eigenvalue weighted by molar-refractivity contribution is 0.0699. The third-order valence-corrected chi connectivity index (χ3v) is 5.27. The third kappa shape index (κ3) is 4.13. The standard InChI is InChI=1S/C23H17IN2O3/c1-29-13-14-3-2-4-15(9-14)16-5-7-21(25-12-16)22-11-19(23(27)28)18-10-17(24)6-8-20(18)26-22/h2-12H,13H2,1H3,(H,27,28). The highest BCUT2D eigenvalue weighted by molar-refractivity contribution is 14.1. The Balaban J connectivity index is 1.74. The maximum atomic E-state index is 11.8. The van der Waals surface area contributed by atoms with Gasteiger partial charge in [0, 0.05) is 27.8 Å². The summed E-state index contributed by atoms with van der Waals surface area (Å²) in [6, 6.07) is 19.1. The number of hydrogen-bond donors (Lipinski definition) is 1. The molecule has 0 unspecified atom stereocenters. The normalized spacial score (nSPS) is 11.0. The van der Waals surface area contributed by atoms with Gasteiger partial charge in [0.2, 0.25) is 0 Å². The van der Waals surface area contributed by atoms with Crippen LogP contribution in [0.1, 0.15) is 15.9 Å². The van der Waals surface area contributed by atoms with E-state index in [-0.39, 0.29) is 5.56 Å². The van der Waals surface area contributed by atoms with Gasteiger partial charge in [0.25, 0.3) is 0 Å². The number of pyridine rings is 2. The molecule has 0 atom stereocenters. The summed E-state index contributed by atoms with van der Waals surface area (Å²) in [5, 5.41) is 10.3. The summed E-state index contributed by atoms with van der Waals surface area (Å²) in [7, 11) is 1.67. The van der Waals surface area contributed by atoms with Crippen LogP contribution in [0.5, 0.6) is 0 Å². The predicted molar refractivity (Wildman–Crippen MR) is 121 cm³/mol. The van der Waals surface area contributed by atoms with Crippen LogP contribution in [0.15, 0.2) is 66.9 Å². The van der Waals surface area contributed by atoms with Crippen molar-refractivity contribution >= 4 is 39.5 Å². The van der Waals surface area contributed by atoms with Crippen molar-refractivity contribution < 1.29 is 14.6 Å². The summed E-state index contributed by atoms with van der Waals surface area (Å²) in [4.78, 5) is 20.9. The van der Waals surface area contributed by atoms with Gasteiger partial charge in [-0.05, 0) is 70.1 Å². The molecule has 6 heteroatoms. The number of rotatable bonds is 5. The van der Waals surface area contributed by atoms with Crippen molar-refractivity contribution in [2.45, 2.75) is 6.61 Å². The van der Waals surface area contributed by atoms with E-state index >= 15 is 0 Å². The number of carboxylic acids is 1. The lowest BCUT2D eigenvalue weighted by atomic mass is 10.0. The minimum Gasteiger partial charge on any atom is -0.478 e. The second-order valence-electron chi connectivity index (χ2n) is 6.59. The molecule has 29 heavy (non-hydrogen) atoms. The van der Waals surface area contributed by atoms with E-state index in [1.807, 2.05) is 48.5 Å². The minimum absolute atomic E-state index is 0.224. The molecule has 4 aromatic rings. The molecule has 0 aliphatic rings. The van der Waals surface area contributed by atoms with Crippen LogP contribution in [0.2, 0.25) is 0 Å². The highest BCUT2D eigenvalue weighted by Crippen LogP contribution is 2.27. The average Bonchev–Trinajstić information content (AvgIpc) is 2.73. The van der Waals surface area contributed by atoms with Crippen molar-refractivity contribution in [3.05, 3.63) is 81.6 Å². The van der Waals surface area contributed by atoms with Gasteiger partial charge < -0.3 is 9.84 Å². The molecule has 0 fully saturated rings. The number of aromatic carboxylic acids is 1. The zero-order valence-corrected chi connectivity index (χ0v) is 17.8. The number of hydrogen-bond acceptors (Lipinski definition) is 4. The molecule has 2 aromatic carbocycles. The molecule has 0 saturated heterocycles. The van der Waals surface area contributed by atoms with Crippen LogP contribution < -0.4 is 0 Å². The summed E-state index contributed by atoms with van der Waals surface area (Å²) < 4.78 is 6.16. The molecule has 0 aliphatic carbocycles. The molecule has 144 valence electrons. The Hall–Kier alpha value is -2.84. The zero-order valence-electron chi connectivity index (χ0n) is 15.6. The predicted octanol–water partition coefficient (Wildman–Crippen LogP) is 5.41. The van der Waals surface area contributed by atoms with E-state index in [4.69, 9.17) is 4.74 Å². The monoisotopic (exact) mass is 496 g/mol. The smallest absolute Gasteiger partial charge is 0.336 e. The van der Waals surface area contributed by atoms with Crippen LogP contribution in [0.3, 0.4) is 0 Å². The van der Waals surface area contributed by atoms with E-state index < -0.39 is 5.97 Å². The second kappa shape index (κ2) is 8.26. The summed E-state index contributed by atoms with van der Waals surface area (Å²) in [5.41, 5.74) is 5.14. The summed E-state index contributed by atoms with van der Waals surface area (Å²) in [6.07, 6.45) is 1.78. The molecule has 4 rings (SSSR count). The molecule has 0 bridgehead atoms. The van der Waals surface area contributed by atoms with Crippen LogP contribution in [0.25, 0.3) is 33.4 Å². The number of halogens is 1. The van der Waals surface area contributed by atoms with Gasteiger partial charge in [-0.25, -0.2) is 9.78 Å². The maximum Gasteiger partial charge on any atom is 0.336 e. The number of methoxy groups -OCH3 is 1. The summed E-state index contributed by atoms with van der Waals surface area (Å²) in [6.45, 7) is 0.553. The fourth-order valence-electron chi connectivity index (χ4n) is 3.23. The van der Waals surface area contributed by atoms with Gasteiger partial charge in [-0.1, -0.05) is 24.3 Å². The Morgan fingerprint density at radius 3 is 2.62 bits per heavy atom. The fourth-order valence-corrected chi connectivity index (χ4v) is 3.72. The molecule has 1 N–H and O–H groups in total. The van der Waals surface area contributed by atoms with Crippen LogP contribution in [-0.4, -0.2) is 28.2 Å². The number of fused-ring (bicyclic) bond motifs is 1. The number of carbonyl (C=O) groups is 1. The SMILES string of the molecule is COCc1cccc(-c2ccc(-c3cc(C(=O)O)c4cc(I)ccc4n3)nc2)c1. The number of aromatic nitrogens is 2. The number of ether oxygens (including phenoxy) is 1. The third-order valence-electron chi connectivity index (χ3n) is 4.60. The molecule has 2 aromatic heterocycles. The topological polar surface area (TPSA) is 72.3 Å². The Kier molecular flexibility index (Phi) is 5.55. The number of nitrogens with zero attached hydrogens (tertiary/aromatic N) is 2. The summed E-state index contributed by atoms with van der Waals surface area (Å²) >= 11 is 2.16. The Bertz CT molecular complexity index is 1210. The van der Waals surface area contributed by atoms with Crippen molar-refractivity contribution in [3.63, 3.8) is 0 Å². The average molecular weight is 496 g/mol. The lowest BCUT2D eigenvalue weighted by Crippen LogP contribution is -2.01. The van der Waals surface area contributed by atoms with Gasteiger partial charge in [-0.2, -0.15) is 0 Å². The summed E-state index contributed by atoms with van der Waals surface area (Å²) in [5.74, 6) is -0.979. The second-order valence-corrected chi connectivity index (χ2v) is 7.83. The highest BCUT2D eigenvalue weighted by Gasteiger charge is 2.14. The van der Waals surface area contributed by atoms with Crippen molar-refractivity contribution in [1.29, 1.82) is 0 Å². The molecule has 0 spiro atoms. The van der Waals surface area contributed by atoms with E-state index in [0.717, 1.165) is 20.3 Å². The van der Waals surface area contributed by atoms with Crippen LogP contribution in [0, 0.1) is 3.57 Å². The highest BCUT2D eigenvalue weighted by atomic mass is 127. The molecular weight excluding hydrogens is 479 g/mol. The first-order valence-corrected chi connectivity index (χ1v) is 10.0. The van der Waals surface area contributed by atoms with E-state index in [1.165, 1.54) is 0 Å². The Morgan fingerprint density at radius 1 is 1.03 bits per heavy atom. The minimum atomic E-state index is -0.979. The van der Waals surface area contributed by atoms with Crippen LogP contribution >= 0.6 is 22.6 Å². The van der Waals surface area contributed by atoms with E-state index in [2.05, 4.69) is 38.6 Å². The number of benzene rings is 2. The van der Waals surface area contributed by atoms with E-state index in [9.17, 15) is 9.90 Å². The Labute approximate surface area is 181 Å². The van der Waals surface area contributed by atoms with Crippen molar-refractivity contribution in [3.8, 4) is 22.5 Å². The molecule has 0 amide bonds. The molecule has 0 aliphatic heterocycles. The quantitative estimate of drug-likeness (QED) is 0.374. The van der Waals surface area contributed by atoms with Gasteiger partial charge in [-0.15, -0.1) is 0 Å². The lowest BCUT2D eigenvalue weighted by Gasteiger charge is -2.09. The van der Waals surface area contributed by atoms with Gasteiger partial charge in [0.05, 0.1) is 29.1 Å². The van der Waals surface area contributed by atoms with Crippen LogP contribution in [0.4, 0.5) is 0 Å². The molecule has 2 heterocycles. The molecule has 0 radical (unpaired) electrons. The number of carboxylic acid groups (broad SMARTS) is 1. The van der Waals surface area contributed by atoms with Gasteiger partial charge in [0.1, 0.15) is 0 Å². The first-order valence-electron chi connectivity index (χ1n) is 8.93. The van der Waals surface area contributed by atoms with Crippen molar-refractivity contribution in [2.75, 3.05) is 7.11 Å². The van der Waals surface area contributed by atoms with Gasteiger partial charge >= 0.3 is 5.97 Å². The van der Waals surface area contributed by atoms with E-state index in [1.54, 1.807) is 19.4 Å². The van der Waals surface area contributed by atoms with E-state index in [0.29, 0.717) is 28.9 Å². The van der Waals surface area contributed by atoms with Gasteiger partial charge in [0.15, 0.2) is 0 Å². The largest absolute Gasteiger partial charge is 0.478 e. The first kappa shape index (κ1) is 19.5. The van der Waals surface area contributed by atoms with Crippen molar-refractivity contribution in [1.82, 2.24) is 9.97 Å². The fraction of sp³-hybridized carbons (Fsp3) is 0.0870. The van der Waals surface area contributed by atoms with Gasteiger partial charge in [-0.3, -0.25) is 4.98 Å². The maximum absolute atomic E-state index is 11.8. The molecule has 5 nitrogen and oxygen atoms in total.